The summed E-state index contributed by atoms with van der Waals surface area (Å²) < 4.78 is 11.4. The van der Waals surface area contributed by atoms with Gasteiger partial charge in [0.05, 0.1) is 25.6 Å². The number of amides is 5. The van der Waals surface area contributed by atoms with Crippen molar-refractivity contribution >= 4 is 29.5 Å². The number of nitrogens with one attached hydrogen (secondary N) is 5. The van der Waals surface area contributed by atoms with Crippen molar-refractivity contribution in [2.75, 3.05) is 39.9 Å². The molecule has 5 N–H and O–H groups in total. The van der Waals surface area contributed by atoms with E-state index in [-0.39, 0.29) is 61.6 Å². The van der Waals surface area contributed by atoms with E-state index in [0.717, 1.165) is 36.9 Å². The zero-order valence-corrected chi connectivity index (χ0v) is 31.5. The molecule has 13 heteroatoms. The number of carbonyl (C=O) groups is 5. The molecule has 2 bridgehead atoms. The molecule has 2 aromatic rings. The Balaban J connectivity index is 1.45. The molecular weight excluding hydrogens is 676 g/mol. The van der Waals surface area contributed by atoms with Gasteiger partial charge in [-0.15, -0.1) is 0 Å². The number of piperidine rings is 1. The topological polar surface area (TPSA) is 167 Å². The van der Waals surface area contributed by atoms with Crippen molar-refractivity contribution in [2.45, 2.75) is 89.9 Å². The molecule has 6 rings (SSSR count). The number of rotatable bonds is 9. The molecule has 4 aliphatic rings. The number of fused-ring (bicyclic) bond motifs is 17. The Labute approximate surface area is 312 Å². The first-order chi connectivity index (χ1) is 25.5. The fourth-order valence-corrected chi connectivity index (χ4v) is 6.89. The molecule has 0 spiro atoms. The molecule has 53 heavy (non-hydrogen) atoms. The average molecular weight is 733 g/mol. The van der Waals surface area contributed by atoms with E-state index >= 15 is 0 Å². The summed E-state index contributed by atoms with van der Waals surface area (Å²) in [5.74, 6) is -0.433. The van der Waals surface area contributed by atoms with E-state index < -0.39 is 29.9 Å². The fraction of sp³-hybridized carbons (Fsp3) is 0.575. The second kappa shape index (κ2) is 18.9. The van der Waals surface area contributed by atoms with Crippen molar-refractivity contribution in [2.24, 2.45) is 17.8 Å². The number of methoxy groups -OCH3 is 1. The van der Waals surface area contributed by atoms with Crippen molar-refractivity contribution in [1.29, 1.82) is 0 Å². The SMILES string of the molecule is COc1ccc(C[C@@H]2NC(=O)[C@@H](NC(=O)[C@@H]3CCCNC3)Cc3ccc(cc3)OC[C@H](CC(C)C)NC(=O)CN(CC3CC3)C(=O)[C@@H](C)NC2=O)cc1. The maximum atomic E-state index is 14.2. The standard InChI is InChI=1S/C40H56N6O7/c1-25(2)18-31-24-53-33-15-11-28(12-16-33)20-35(44-37(48)30-6-5-17-41-21-30)39(50)45-34(19-27-9-13-32(52-4)14-10-27)38(49)42-26(3)40(51)46(22-29-7-8-29)23-36(47)43-31/h9-16,25-26,29-31,34-35,41H,5-8,17-24H2,1-4H3,(H,42,49)(H,43,47)(H,44,48)(H,45,50)/t26-,30-,31+,34+,35+/m1/s1. The van der Waals surface area contributed by atoms with E-state index in [1.54, 1.807) is 38.3 Å². The summed E-state index contributed by atoms with van der Waals surface area (Å²) in [4.78, 5) is 70.5. The molecule has 0 aromatic heterocycles. The third-order valence-corrected chi connectivity index (χ3v) is 10.0. The average Bonchev–Trinajstić information content (AvgIpc) is 3.97. The number of carbonyl (C=O) groups excluding carboxylic acids is 5. The van der Waals surface area contributed by atoms with Crippen molar-refractivity contribution in [3.63, 3.8) is 0 Å². The van der Waals surface area contributed by atoms with Crippen LogP contribution in [0.15, 0.2) is 48.5 Å². The summed E-state index contributed by atoms with van der Waals surface area (Å²) in [6.45, 7) is 7.60. The molecule has 2 aromatic carbocycles. The van der Waals surface area contributed by atoms with Gasteiger partial charge in [-0.05, 0) is 92.8 Å². The van der Waals surface area contributed by atoms with E-state index in [1.807, 2.05) is 24.3 Å². The van der Waals surface area contributed by atoms with Gasteiger partial charge >= 0.3 is 0 Å². The summed E-state index contributed by atoms with van der Waals surface area (Å²) in [7, 11) is 1.56. The van der Waals surface area contributed by atoms with Gasteiger partial charge in [0, 0.05) is 25.9 Å². The minimum absolute atomic E-state index is 0.118. The van der Waals surface area contributed by atoms with Crippen LogP contribution in [0.2, 0.25) is 0 Å². The third kappa shape index (κ3) is 12.2. The normalized spacial score (nSPS) is 25.2. The number of nitrogens with zero attached hydrogens (tertiary/aromatic N) is 1. The molecule has 5 amide bonds. The lowest BCUT2D eigenvalue weighted by Crippen LogP contribution is -2.58. The Hall–Kier alpha value is -4.65. The van der Waals surface area contributed by atoms with Gasteiger partial charge in [0.2, 0.25) is 29.5 Å². The second-order valence-electron chi connectivity index (χ2n) is 15.2. The molecule has 3 heterocycles. The van der Waals surface area contributed by atoms with Crippen LogP contribution in [0.1, 0.15) is 64.0 Å². The van der Waals surface area contributed by atoms with Gasteiger partial charge in [0.25, 0.3) is 0 Å². The van der Waals surface area contributed by atoms with Crippen LogP contribution in [0.25, 0.3) is 0 Å². The zero-order valence-electron chi connectivity index (χ0n) is 31.5. The van der Waals surface area contributed by atoms with Gasteiger partial charge < -0.3 is 41.0 Å². The van der Waals surface area contributed by atoms with Gasteiger partial charge in [-0.25, -0.2) is 0 Å². The van der Waals surface area contributed by atoms with Crippen LogP contribution in [0.5, 0.6) is 11.5 Å². The minimum Gasteiger partial charge on any atom is -0.497 e. The summed E-state index contributed by atoms with van der Waals surface area (Å²) in [6.07, 6.45) is 4.48. The number of benzene rings is 2. The highest BCUT2D eigenvalue weighted by Crippen LogP contribution is 2.30. The molecule has 1 saturated carbocycles. The molecule has 2 fully saturated rings. The van der Waals surface area contributed by atoms with E-state index in [2.05, 4.69) is 40.4 Å². The van der Waals surface area contributed by atoms with Crippen LogP contribution in [-0.2, 0) is 36.8 Å². The molecule has 3 aliphatic heterocycles. The van der Waals surface area contributed by atoms with Gasteiger partial charge in [-0.3, -0.25) is 24.0 Å². The quantitative estimate of drug-likeness (QED) is 0.245. The van der Waals surface area contributed by atoms with Crippen molar-refractivity contribution in [1.82, 2.24) is 31.5 Å². The highest BCUT2D eigenvalue weighted by atomic mass is 16.5. The summed E-state index contributed by atoms with van der Waals surface area (Å²) in [5.41, 5.74) is 1.54. The van der Waals surface area contributed by atoms with Gasteiger partial charge in [-0.1, -0.05) is 38.1 Å². The highest BCUT2D eigenvalue weighted by molar-refractivity contribution is 5.95. The highest BCUT2D eigenvalue weighted by Gasteiger charge is 2.34. The van der Waals surface area contributed by atoms with E-state index in [0.29, 0.717) is 43.3 Å². The smallest absolute Gasteiger partial charge is 0.245 e. The Kier molecular flexibility index (Phi) is 14.1. The van der Waals surface area contributed by atoms with E-state index in [1.165, 1.54) is 4.90 Å². The van der Waals surface area contributed by atoms with Crippen molar-refractivity contribution < 1.29 is 33.4 Å². The number of hydrogen-bond donors (Lipinski definition) is 5. The van der Waals surface area contributed by atoms with Crippen LogP contribution in [0.4, 0.5) is 0 Å². The van der Waals surface area contributed by atoms with Crippen LogP contribution < -0.4 is 36.1 Å². The first kappa shape index (κ1) is 39.6. The molecule has 1 aliphatic carbocycles. The second-order valence-corrected chi connectivity index (χ2v) is 15.2. The Bertz CT molecular complexity index is 1560. The van der Waals surface area contributed by atoms with Gasteiger partial charge in [-0.2, -0.15) is 0 Å². The molecule has 0 radical (unpaired) electrons. The summed E-state index contributed by atoms with van der Waals surface area (Å²) in [5, 5.41) is 15.0. The Morgan fingerprint density at radius 2 is 1.70 bits per heavy atom. The molecule has 0 unspecified atom stereocenters. The maximum absolute atomic E-state index is 14.2. The largest absolute Gasteiger partial charge is 0.497 e. The summed E-state index contributed by atoms with van der Waals surface area (Å²) in [6, 6.07) is 11.1. The van der Waals surface area contributed by atoms with Gasteiger partial charge in [0.1, 0.15) is 36.2 Å². The first-order valence-corrected chi connectivity index (χ1v) is 19.0. The van der Waals surface area contributed by atoms with Gasteiger partial charge in [0.15, 0.2) is 0 Å². The third-order valence-electron chi connectivity index (χ3n) is 10.0. The van der Waals surface area contributed by atoms with E-state index in [4.69, 9.17) is 9.47 Å². The predicted molar refractivity (Wildman–Crippen MR) is 200 cm³/mol. The van der Waals surface area contributed by atoms with Crippen LogP contribution in [0, 0.1) is 17.8 Å². The van der Waals surface area contributed by atoms with E-state index in [9.17, 15) is 24.0 Å². The maximum Gasteiger partial charge on any atom is 0.245 e. The predicted octanol–water partition coefficient (Wildman–Crippen LogP) is 2.12. The van der Waals surface area contributed by atoms with Crippen molar-refractivity contribution in [3.8, 4) is 11.5 Å². The molecular formula is C40H56N6O7. The lowest BCUT2D eigenvalue weighted by molar-refractivity contribution is -0.140. The molecule has 5 atom stereocenters. The lowest BCUT2D eigenvalue weighted by atomic mass is 9.97. The number of ether oxygens (including phenoxy) is 2. The Morgan fingerprint density at radius 1 is 0.962 bits per heavy atom. The monoisotopic (exact) mass is 732 g/mol. The first-order valence-electron chi connectivity index (χ1n) is 19.0. The molecule has 13 nitrogen and oxygen atoms in total. The number of hydrogen-bond acceptors (Lipinski definition) is 8. The zero-order chi connectivity index (χ0) is 37.9. The minimum atomic E-state index is -1.08. The Morgan fingerprint density at radius 3 is 2.34 bits per heavy atom. The van der Waals surface area contributed by atoms with Crippen LogP contribution in [-0.4, -0.2) is 98.5 Å². The van der Waals surface area contributed by atoms with Crippen LogP contribution in [0.3, 0.4) is 0 Å². The molecule has 1 saturated heterocycles. The van der Waals surface area contributed by atoms with Crippen molar-refractivity contribution in [3.05, 3.63) is 59.7 Å². The van der Waals surface area contributed by atoms with Crippen LogP contribution >= 0.6 is 0 Å². The lowest BCUT2D eigenvalue weighted by Gasteiger charge is -2.29. The fourth-order valence-electron chi connectivity index (χ4n) is 6.89. The summed E-state index contributed by atoms with van der Waals surface area (Å²) >= 11 is 0. The molecule has 288 valence electrons.